The number of hydrogen-bond donors (Lipinski definition) is 1. The van der Waals surface area contributed by atoms with Gasteiger partial charge in [-0.25, -0.2) is 8.78 Å². The number of hydrogen-bond acceptors (Lipinski definition) is 3. The first-order valence-corrected chi connectivity index (χ1v) is 6.30. The summed E-state index contributed by atoms with van der Waals surface area (Å²) in [5.41, 5.74) is 6.78. The fourth-order valence-electron chi connectivity index (χ4n) is 2.07. The SMILES string of the molecule is COCC(C)N(C)C(CN)c1ccc(C(F)F)cc1. The van der Waals surface area contributed by atoms with Gasteiger partial charge in [-0.15, -0.1) is 0 Å². The molecule has 0 amide bonds. The molecule has 0 spiro atoms. The molecule has 0 aliphatic carbocycles. The predicted molar refractivity (Wildman–Crippen MR) is 72.3 cm³/mol. The number of nitrogens with two attached hydrogens (primary N) is 1. The zero-order valence-corrected chi connectivity index (χ0v) is 11.6. The second-order valence-electron chi connectivity index (χ2n) is 4.69. The van der Waals surface area contributed by atoms with Crippen molar-refractivity contribution in [3.63, 3.8) is 0 Å². The Morgan fingerprint density at radius 1 is 1.21 bits per heavy atom. The smallest absolute Gasteiger partial charge is 0.263 e. The van der Waals surface area contributed by atoms with Gasteiger partial charge in [0.05, 0.1) is 6.61 Å². The number of nitrogens with zero attached hydrogens (tertiary/aromatic N) is 1. The molecule has 5 heteroatoms. The molecule has 0 radical (unpaired) electrons. The van der Waals surface area contributed by atoms with E-state index in [-0.39, 0.29) is 17.6 Å². The fourth-order valence-corrected chi connectivity index (χ4v) is 2.07. The van der Waals surface area contributed by atoms with Crippen LogP contribution in [0.15, 0.2) is 24.3 Å². The van der Waals surface area contributed by atoms with Gasteiger partial charge in [0, 0.05) is 31.3 Å². The molecular weight excluding hydrogens is 250 g/mol. The third kappa shape index (κ3) is 4.23. The minimum Gasteiger partial charge on any atom is -0.383 e. The molecule has 0 heterocycles. The third-order valence-electron chi connectivity index (χ3n) is 3.39. The highest BCUT2D eigenvalue weighted by Crippen LogP contribution is 2.24. The van der Waals surface area contributed by atoms with Gasteiger partial charge in [-0.1, -0.05) is 24.3 Å². The van der Waals surface area contributed by atoms with Crippen molar-refractivity contribution in [2.45, 2.75) is 25.4 Å². The van der Waals surface area contributed by atoms with Crippen molar-refractivity contribution in [1.29, 1.82) is 0 Å². The number of likely N-dealkylation sites (N-methyl/N-ethyl adjacent to an activating group) is 1. The van der Waals surface area contributed by atoms with Crippen LogP contribution in [0, 0.1) is 0 Å². The molecule has 0 fully saturated rings. The largest absolute Gasteiger partial charge is 0.383 e. The van der Waals surface area contributed by atoms with E-state index < -0.39 is 6.43 Å². The van der Waals surface area contributed by atoms with Crippen LogP contribution in [0.4, 0.5) is 8.78 Å². The summed E-state index contributed by atoms with van der Waals surface area (Å²) in [4.78, 5) is 2.10. The van der Waals surface area contributed by atoms with Crippen LogP contribution in [-0.4, -0.2) is 38.3 Å². The van der Waals surface area contributed by atoms with Gasteiger partial charge in [-0.3, -0.25) is 4.90 Å². The molecule has 0 bridgehead atoms. The molecule has 1 aromatic rings. The van der Waals surface area contributed by atoms with Crippen LogP contribution in [0.3, 0.4) is 0 Å². The molecule has 0 aliphatic heterocycles. The average Bonchev–Trinajstić information content (AvgIpc) is 2.40. The van der Waals surface area contributed by atoms with Crippen molar-refractivity contribution in [1.82, 2.24) is 4.90 Å². The van der Waals surface area contributed by atoms with Gasteiger partial charge in [0.1, 0.15) is 0 Å². The van der Waals surface area contributed by atoms with Crippen molar-refractivity contribution in [2.24, 2.45) is 5.73 Å². The van der Waals surface area contributed by atoms with Crippen molar-refractivity contribution >= 4 is 0 Å². The average molecular weight is 272 g/mol. The van der Waals surface area contributed by atoms with E-state index in [0.717, 1.165) is 5.56 Å². The van der Waals surface area contributed by atoms with Gasteiger partial charge in [-0.05, 0) is 19.5 Å². The Balaban J connectivity index is 2.84. The highest BCUT2D eigenvalue weighted by Gasteiger charge is 2.20. The summed E-state index contributed by atoms with van der Waals surface area (Å²) in [7, 11) is 3.61. The number of methoxy groups -OCH3 is 1. The summed E-state index contributed by atoms with van der Waals surface area (Å²) < 4.78 is 30.2. The lowest BCUT2D eigenvalue weighted by Crippen LogP contribution is -2.39. The first-order chi connectivity index (χ1) is 9.01. The van der Waals surface area contributed by atoms with Crippen LogP contribution in [-0.2, 0) is 4.74 Å². The van der Waals surface area contributed by atoms with Crippen molar-refractivity contribution in [3.05, 3.63) is 35.4 Å². The van der Waals surface area contributed by atoms with E-state index in [0.29, 0.717) is 13.2 Å². The van der Waals surface area contributed by atoms with Gasteiger partial charge >= 0.3 is 0 Å². The molecule has 1 rings (SSSR count). The van der Waals surface area contributed by atoms with E-state index in [1.54, 1.807) is 19.2 Å². The predicted octanol–water partition coefficient (Wildman–Crippen LogP) is 2.59. The number of ether oxygens (including phenoxy) is 1. The maximum atomic E-state index is 12.5. The molecule has 1 aromatic carbocycles. The van der Waals surface area contributed by atoms with Crippen LogP contribution >= 0.6 is 0 Å². The highest BCUT2D eigenvalue weighted by molar-refractivity contribution is 5.26. The van der Waals surface area contributed by atoms with Crippen LogP contribution < -0.4 is 5.73 Å². The molecule has 2 N–H and O–H groups in total. The Labute approximate surface area is 113 Å². The van der Waals surface area contributed by atoms with Gasteiger partial charge in [-0.2, -0.15) is 0 Å². The molecule has 3 nitrogen and oxygen atoms in total. The molecule has 0 saturated heterocycles. The lowest BCUT2D eigenvalue weighted by Gasteiger charge is -2.32. The summed E-state index contributed by atoms with van der Waals surface area (Å²) in [6, 6.07) is 6.55. The van der Waals surface area contributed by atoms with Crippen molar-refractivity contribution < 1.29 is 13.5 Å². The number of rotatable bonds is 7. The van der Waals surface area contributed by atoms with E-state index in [2.05, 4.69) is 4.90 Å². The Morgan fingerprint density at radius 2 is 1.74 bits per heavy atom. The molecule has 0 aromatic heterocycles. The molecular formula is C14H22F2N2O. The summed E-state index contributed by atoms with van der Waals surface area (Å²) >= 11 is 0. The van der Waals surface area contributed by atoms with E-state index in [9.17, 15) is 8.78 Å². The van der Waals surface area contributed by atoms with E-state index in [1.165, 1.54) is 12.1 Å². The Kier molecular flexibility index (Phi) is 6.34. The molecule has 2 unspecified atom stereocenters. The maximum absolute atomic E-state index is 12.5. The third-order valence-corrected chi connectivity index (χ3v) is 3.39. The van der Waals surface area contributed by atoms with Crippen molar-refractivity contribution in [2.75, 3.05) is 27.3 Å². The van der Waals surface area contributed by atoms with E-state index in [4.69, 9.17) is 10.5 Å². The molecule has 19 heavy (non-hydrogen) atoms. The zero-order valence-electron chi connectivity index (χ0n) is 11.6. The summed E-state index contributed by atoms with van der Waals surface area (Å²) in [5.74, 6) is 0. The molecule has 2 atom stereocenters. The van der Waals surface area contributed by atoms with Gasteiger partial charge in [0.2, 0.25) is 0 Å². The number of alkyl halides is 2. The highest BCUT2D eigenvalue weighted by atomic mass is 19.3. The Bertz CT molecular complexity index is 370. The Morgan fingerprint density at radius 3 is 2.16 bits per heavy atom. The van der Waals surface area contributed by atoms with Crippen LogP contribution in [0.2, 0.25) is 0 Å². The second-order valence-corrected chi connectivity index (χ2v) is 4.69. The van der Waals surface area contributed by atoms with E-state index >= 15 is 0 Å². The van der Waals surface area contributed by atoms with Gasteiger partial charge in [0.15, 0.2) is 0 Å². The topological polar surface area (TPSA) is 38.5 Å². The lowest BCUT2D eigenvalue weighted by atomic mass is 10.0. The minimum absolute atomic E-state index is 0.00290. The quantitative estimate of drug-likeness (QED) is 0.829. The molecule has 0 saturated carbocycles. The van der Waals surface area contributed by atoms with Crippen LogP contribution in [0.5, 0.6) is 0 Å². The number of halogens is 2. The Hall–Kier alpha value is -1.04. The first kappa shape index (κ1) is 16.0. The van der Waals surface area contributed by atoms with E-state index in [1.807, 2.05) is 14.0 Å². The summed E-state index contributed by atoms with van der Waals surface area (Å²) in [5, 5.41) is 0. The summed E-state index contributed by atoms with van der Waals surface area (Å²) in [6.07, 6.45) is -2.43. The first-order valence-electron chi connectivity index (χ1n) is 6.30. The standard InChI is InChI=1S/C14H22F2N2O/c1-10(9-19-3)18(2)13(8-17)11-4-6-12(7-5-11)14(15)16/h4-7,10,13-14H,8-9,17H2,1-3H3. The molecule has 108 valence electrons. The monoisotopic (exact) mass is 272 g/mol. The second kappa shape index (κ2) is 7.53. The zero-order chi connectivity index (χ0) is 14.4. The number of benzene rings is 1. The van der Waals surface area contributed by atoms with Crippen LogP contribution in [0.1, 0.15) is 30.5 Å². The van der Waals surface area contributed by atoms with Gasteiger partial charge < -0.3 is 10.5 Å². The normalized spacial score (nSPS) is 14.9. The molecule has 0 aliphatic rings. The van der Waals surface area contributed by atoms with Crippen molar-refractivity contribution in [3.8, 4) is 0 Å². The fraction of sp³-hybridized carbons (Fsp3) is 0.571. The van der Waals surface area contributed by atoms with Crippen LogP contribution in [0.25, 0.3) is 0 Å². The minimum atomic E-state index is -2.43. The summed E-state index contributed by atoms with van der Waals surface area (Å²) in [6.45, 7) is 3.07. The lowest BCUT2D eigenvalue weighted by molar-refractivity contribution is 0.0910. The van der Waals surface area contributed by atoms with Gasteiger partial charge in [0.25, 0.3) is 6.43 Å². The maximum Gasteiger partial charge on any atom is 0.263 e.